The second kappa shape index (κ2) is 26.7. The lowest BCUT2D eigenvalue weighted by molar-refractivity contribution is -0.157. The predicted octanol–water partition coefficient (Wildman–Crippen LogP) is 9.77. The van der Waals surface area contributed by atoms with Crippen LogP contribution < -0.4 is 5.73 Å². The third-order valence-corrected chi connectivity index (χ3v) is 11.5. The third kappa shape index (κ3) is 17.9. The molecule has 1 unspecified atom stereocenters. The van der Waals surface area contributed by atoms with E-state index in [9.17, 15) is 24.4 Å². The van der Waals surface area contributed by atoms with Crippen LogP contribution in [0.1, 0.15) is 153 Å². The van der Waals surface area contributed by atoms with E-state index in [0.29, 0.717) is 23.4 Å². The highest BCUT2D eigenvalue weighted by atomic mass is 31.2. The molecule has 0 aliphatic carbocycles. The van der Waals surface area contributed by atoms with E-state index < -0.39 is 57.1 Å². The smallest absolute Gasteiger partial charge is 0.419 e. The standard InChI is InChI=1S/C44H66FN6O9P/c1-4-5-6-7-8-9-10-11-12-13-14-15-16-17-18-19-20-23-54-29-37(55-28-35-24-34(27-46)25-36(45)26-35)30-57-61(52,53)58-31-40(56-32-47)42-41(59-44(2,3)60-42)38-21-22-39-43(48)49-33-50-51(38)39/h21-22,24-26,33,37,40-42H,4-20,23,28-31H2,1-3H3,(H,52,53)(H2,48,49,50)/t37-,40-,41+,42-/m1/s1. The van der Waals surface area contributed by atoms with Crippen molar-refractivity contribution in [1.82, 2.24) is 14.6 Å². The molecule has 3 heterocycles. The fourth-order valence-electron chi connectivity index (χ4n) is 7.42. The van der Waals surface area contributed by atoms with Crippen LogP contribution in [0, 0.1) is 28.7 Å². The molecule has 4 rings (SSSR count). The number of nitriles is 2. The number of ether oxygens (including phenoxy) is 5. The first-order chi connectivity index (χ1) is 29.4. The first-order valence-corrected chi connectivity index (χ1v) is 23.4. The maximum Gasteiger partial charge on any atom is 0.472 e. The summed E-state index contributed by atoms with van der Waals surface area (Å²) in [4.78, 5) is 14.8. The van der Waals surface area contributed by atoms with Crippen LogP contribution in [0.4, 0.5) is 10.2 Å². The van der Waals surface area contributed by atoms with Crippen molar-refractivity contribution < 1.29 is 46.6 Å². The number of nitrogens with two attached hydrogens (primary N) is 1. The van der Waals surface area contributed by atoms with Gasteiger partial charge in [-0.15, -0.1) is 0 Å². The second-order valence-corrected chi connectivity index (χ2v) is 17.6. The van der Waals surface area contributed by atoms with Crippen molar-refractivity contribution in [3.05, 3.63) is 59.3 Å². The van der Waals surface area contributed by atoms with Crippen LogP contribution in [0.25, 0.3) is 5.52 Å². The van der Waals surface area contributed by atoms with Crippen LogP contribution in [0.5, 0.6) is 0 Å². The maximum atomic E-state index is 14.1. The van der Waals surface area contributed by atoms with E-state index in [4.69, 9.17) is 38.5 Å². The number of unbranched alkanes of at least 4 members (excludes halogenated alkanes) is 16. The number of phosphoric acid groups is 1. The monoisotopic (exact) mass is 872 g/mol. The summed E-state index contributed by atoms with van der Waals surface area (Å²) in [6, 6.07) is 9.21. The van der Waals surface area contributed by atoms with Crippen LogP contribution in [0.3, 0.4) is 0 Å². The number of benzene rings is 1. The molecule has 1 saturated heterocycles. The van der Waals surface area contributed by atoms with Gasteiger partial charge in [-0.05, 0) is 56.2 Å². The summed E-state index contributed by atoms with van der Waals surface area (Å²) in [5.74, 6) is -1.48. The summed E-state index contributed by atoms with van der Waals surface area (Å²) in [5.41, 5.74) is 7.59. The van der Waals surface area contributed by atoms with Gasteiger partial charge in [0.15, 0.2) is 17.7 Å². The number of rotatable bonds is 32. The van der Waals surface area contributed by atoms with E-state index in [-0.39, 0.29) is 24.6 Å². The minimum absolute atomic E-state index is 0.0167. The van der Waals surface area contributed by atoms with Crippen molar-refractivity contribution in [3.8, 4) is 12.3 Å². The van der Waals surface area contributed by atoms with E-state index in [1.54, 1.807) is 32.2 Å². The zero-order chi connectivity index (χ0) is 43.9. The van der Waals surface area contributed by atoms with Gasteiger partial charge < -0.3 is 34.3 Å². The summed E-state index contributed by atoms with van der Waals surface area (Å²) in [7, 11) is -4.78. The topological polar surface area (TPSA) is 206 Å². The van der Waals surface area contributed by atoms with Crippen molar-refractivity contribution in [2.75, 3.05) is 32.2 Å². The second-order valence-electron chi connectivity index (χ2n) is 16.2. The highest BCUT2D eigenvalue weighted by molar-refractivity contribution is 7.47. The predicted molar refractivity (Wildman–Crippen MR) is 227 cm³/mol. The number of nitrogens with zero attached hydrogens (tertiary/aromatic N) is 5. The Morgan fingerprint density at radius 3 is 2.15 bits per heavy atom. The number of fused-ring (bicyclic) bond motifs is 1. The van der Waals surface area contributed by atoms with Crippen molar-refractivity contribution in [1.29, 1.82) is 10.5 Å². The van der Waals surface area contributed by atoms with E-state index in [2.05, 4.69) is 17.0 Å². The number of anilines is 1. The third-order valence-electron chi connectivity index (χ3n) is 10.6. The van der Waals surface area contributed by atoms with Gasteiger partial charge in [-0.3, -0.25) is 9.05 Å². The highest BCUT2D eigenvalue weighted by Crippen LogP contribution is 2.46. The van der Waals surface area contributed by atoms with Crippen molar-refractivity contribution in [2.45, 2.75) is 167 Å². The van der Waals surface area contributed by atoms with Gasteiger partial charge >= 0.3 is 7.82 Å². The molecule has 15 nitrogen and oxygen atoms in total. The van der Waals surface area contributed by atoms with Gasteiger partial charge in [0.1, 0.15) is 36.0 Å². The number of phosphoric ester groups is 1. The van der Waals surface area contributed by atoms with Crippen molar-refractivity contribution >= 4 is 19.2 Å². The molecule has 1 aliphatic rings. The Bertz CT molecular complexity index is 1870. The molecule has 3 N–H and O–H groups in total. The average Bonchev–Trinajstić information content (AvgIpc) is 3.81. The van der Waals surface area contributed by atoms with Gasteiger partial charge in [-0.2, -0.15) is 15.6 Å². The first kappa shape index (κ1) is 50.0. The van der Waals surface area contributed by atoms with Crippen molar-refractivity contribution in [2.24, 2.45) is 0 Å². The van der Waals surface area contributed by atoms with Gasteiger partial charge in [0.2, 0.25) is 0 Å². The lowest BCUT2D eigenvalue weighted by Gasteiger charge is -2.25. The van der Waals surface area contributed by atoms with E-state index in [1.165, 1.54) is 113 Å². The van der Waals surface area contributed by atoms with Crippen LogP contribution in [-0.4, -0.2) is 70.0 Å². The molecule has 0 amide bonds. The number of halogens is 1. The Hall–Kier alpha value is -3.70. The Balaban J connectivity index is 1.22. The quantitative estimate of drug-likeness (QED) is 0.0340. The Morgan fingerprint density at radius 1 is 0.902 bits per heavy atom. The van der Waals surface area contributed by atoms with Crippen molar-refractivity contribution in [3.63, 3.8) is 0 Å². The Labute approximate surface area is 360 Å². The summed E-state index contributed by atoms with van der Waals surface area (Å²) in [6.07, 6.45) is 20.6. The molecule has 0 spiro atoms. The zero-order valence-electron chi connectivity index (χ0n) is 36.2. The van der Waals surface area contributed by atoms with Crippen LogP contribution in [0.2, 0.25) is 0 Å². The van der Waals surface area contributed by atoms with E-state index >= 15 is 0 Å². The molecule has 0 bridgehead atoms. The van der Waals surface area contributed by atoms with Crippen LogP contribution >= 0.6 is 7.82 Å². The molecule has 1 fully saturated rings. The molecule has 1 aliphatic heterocycles. The van der Waals surface area contributed by atoms with Crippen LogP contribution in [-0.2, 0) is 43.9 Å². The fraction of sp³-hybridized carbons (Fsp3) is 0.682. The van der Waals surface area contributed by atoms with Gasteiger partial charge in [0, 0.05) is 6.61 Å². The Morgan fingerprint density at radius 2 is 1.52 bits per heavy atom. The molecule has 17 heteroatoms. The highest BCUT2D eigenvalue weighted by Gasteiger charge is 2.49. The Kier molecular flexibility index (Phi) is 21.9. The molecule has 0 saturated carbocycles. The molecule has 0 radical (unpaired) electrons. The molecule has 1 aromatic carbocycles. The summed E-state index contributed by atoms with van der Waals surface area (Å²) in [5, 5.41) is 23.1. The molecule has 338 valence electrons. The summed E-state index contributed by atoms with van der Waals surface area (Å²) in [6.45, 7) is 4.95. The number of hydrogen-bond donors (Lipinski definition) is 2. The fourth-order valence-corrected chi connectivity index (χ4v) is 8.19. The van der Waals surface area contributed by atoms with Crippen LogP contribution in [0.15, 0.2) is 36.7 Å². The van der Waals surface area contributed by atoms with Gasteiger partial charge in [-0.25, -0.2) is 18.5 Å². The summed E-state index contributed by atoms with van der Waals surface area (Å²) >= 11 is 0. The van der Waals surface area contributed by atoms with E-state index in [1.807, 2.05) is 6.07 Å². The number of nitrogen functional groups attached to an aromatic ring is 1. The largest absolute Gasteiger partial charge is 0.472 e. The molecule has 2 aromatic heterocycles. The normalized spacial score (nSPS) is 18.1. The lowest BCUT2D eigenvalue weighted by Crippen LogP contribution is -2.37. The number of aromatic nitrogens is 3. The first-order valence-electron chi connectivity index (χ1n) is 21.9. The minimum atomic E-state index is -4.78. The number of hydrogen-bond acceptors (Lipinski definition) is 13. The molecule has 61 heavy (non-hydrogen) atoms. The van der Waals surface area contributed by atoms with Gasteiger partial charge in [-0.1, -0.05) is 110 Å². The van der Waals surface area contributed by atoms with E-state index in [0.717, 1.165) is 25.3 Å². The molecular weight excluding hydrogens is 806 g/mol. The molecule has 5 atom stereocenters. The maximum absolute atomic E-state index is 14.1. The molecular formula is C44H66FN6O9P. The zero-order valence-corrected chi connectivity index (χ0v) is 37.1. The molecule has 3 aromatic rings. The summed E-state index contributed by atoms with van der Waals surface area (Å²) < 4.78 is 69.0. The average molecular weight is 873 g/mol. The SMILES string of the molecule is CCCCCCCCCCCCCCCCCCCOC[C@H](COP(=O)(O)OC[C@@H](OC#N)[C@H]1OC(C)(C)O[C@H]1c1ccc2c(N)ncnn12)OCc1cc(F)cc(C#N)c1. The van der Waals surface area contributed by atoms with Gasteiger partial charge in [0.05, 0.1) is 43.8 Å². The minimum Gasteiger partial charge on any atom is -0.419 e. The van der Waals surface area contributed by atoms with Gasteiger partial charge in [0.25, 0.3) is 6.26 Å². The lowest BCUT2D eigenvalue weighted by atomic mass is 10.0.